The van der Waals surface area contributed by atoms with Crippen LogP contribution in [0.1, 0.15) is 31.2 Å². The highest BCUT2D eigenvalue weighted by Crippen LogP contribution is 2.64. The number of allylic oxidation sites excluding steroid dienone is 2. The van der Waals surface area contributed by atoms with Crippen LogP contribution in [-0.2, 0) is 19.2 Å². The van der Waals surface area contributed by atoms with E-state index >= 15 is 0 Å². The van der Waals surface area contributed by atoms with E-state index in [0.29, 0.717) is 22.1 Å². The first-order valence-corrected chi connectivity index (χ1v) is 13.7. The molecule has 1 saturated carbocycles. The third-order valence-corrected chi connectivity index (χ3v) is 9.94. The van der Waals surface area contributed by atoms with Gasteiger partial charge in [-0.25, -0.2) is 4.90 Å². The molecule has 6 unspecified atom stereocenters. The number of amides is 4. The van der Waals surface area contributed by atoms with Gasteiger partial charge in [0.05, 0.1) is 39.5 Å². The Hall–Kier alpha value is -3.21. The summed E-state index contributed by atoms with van der Waals surface area (Å²) in [7, 11) is 2.98. The number of aromatic hydroxyl groups is 1. The van der Waals surface area contributed by atoms with Crippen molar-refractivity contribution in [2.24, 2.45) is 29.1 Å². The lowest BCUT2D eigenvalue weighted by atomic mass is 9.51. The fraction of sp³-hybridized carbons (Fsp3) is 0.379. The minimum absolute atomic E-state index is 0.00142. The number of carbonyl (C=O) groups excluding carboxylic acids is 4. The van der Waals surface area contributed by atoms with Gasteiger partial charge in [-0.2, -0.15) is 0 Å². The van der Waals surface area contributed by atoms with Crippen LogP contribution in [0.3, 0.4) is 0 Å². The van der Waals surface area contributed by atoms with Crippen LogP contribution in [0.15, 0.2) is 54.1 Å². The molecule has 2 aliphatic heterocycles. The monoisotopic (exact) mass is 626 g/mol. The third kappa shape index (κ3) is 3.20. The second kappa shape index (κ2) is 8.65. The predicted molar refractivity (Wildman–Crippen MR) is 146 cm³/mol. The molecule has 6 atom stereocenters. The summed E-state index contributed by atoms with van der Waals surface area (Å²) in [5, 5.41) is 10.5. The highest BCUT2D eigenvalue weighted by molar-refractivity contribution is 14.1. The van der Waals surface area contributed by atoms with Gasteiger partial charge < -0.3 is 9.84 Å². The molecule has 0 aromatic heterocycles. The molecule has 2 heterocycles. The van der Waals surface area contributed by atoms with E-state index in [1.165, 1.54) is 24.0 Å². The number of ether oxygens (including phenoxy) is 1. The molecule has 38 heavy (non-hydrogen) atoms. The first-order chi connectivity index (χ1) is 18.1. The van der Waals surface area contributed by atoms with Crippen LogP contribution in [0, 0.1) is 32.7 Å². The summed E-state index contributed by atoms with van der Waals surface area (Å²) in [6.07, 6.45) is 2.73. The number of phenolic OH excluding ortho intramolecular Hbond substituents is 1. The molecular formula is C29H27IN2O6. The van der Waals surface area contributed by atoms with Crippen molar-refractivity contribution < 1.29 is 29.0 Å². The highest BCUT2D eigenvalue weighted by Gasteiger charge is 2.67. The lowest BCUT2D eigenvalue weighted by Gasteiger charge is -2.49. The number of benzene rings is 2. The summed E-state index contributed by atoms with van der Waals surface area (Å²) in [5.74, 6) is -3.35. The molecule has 2 aromatic carbocycles. The summed E-state index contributed by atoms with van der Waals surface area (Å²) >= 11 is 2.03. The van der Waals surface area contributed by atoms with Crippen molar-refractivity contribution in [3.8, 4) is 11.5 Å². The van der Waals surface area contributed by atoms with Gasteiger partial charge in [0, 0.05) is 13.0 Å². The number of fused-ring (bicyclic) bond motifs is 4. The van der Waals surface area contributed by atoms with Crippen LogP contribution >= 0.6 is 22.6 Å². The van der Waals surface area contributed by atoms with Crippen molar-refractivity contribution in [3.05, 3.63) is 63.2 Å². The lowest BCUT2D eigenvalue weighted by Crippen LogP contribution is -2.48. The molecule has 0 bridgehead atoms. The van der Waals surface area contributed by atoms with Crippen molar-refractivity contribution in [1.82, 2.24) is 4.90 Å². The van der Waals surface area contributed by atoms with Gasteiger partial charge in [0.25, 0.3) is 0 Å². The number of carbonyl (C=O) groups is 4. The number of likely N-dealkylation sites (tertiary alicyclic amines) is 1. The molecule has 9 heteroatoms. The zero-order valence-corrected chi connectivity index (χ0v) is 23.3. The summed E-state index contributed by atoms with van der Waals surface area (Å²) in [6.45, 7) is 1.84. The second-order valence-electron chi connectivity index (χ2n) is 10.8. The van der Waals surface area contributed by atoms with E-state index in [-0.39, 0.29) is 41.0 Å². The van der Waals surface area contributed by atoms with Crippen LogP contribution in [0.4, 0.5) is 5.69 Å². The number of imide groups is 2. The third-order valence-electron chi connectivity index (χ3n) is 9.11. The van der Waals surface area contributed by atoms with Crippen molar-refractivity contribution in [3.63, 3.8) is 0 Å². The van der Waals surface area contributed by atoms with Gasteiger partial charge in [0.1, 0.15) is 0 Å². The first kappa shape index (κ1) is 25.1. The predicted octanol–water partition coefficient (Wildman–Crippen LogP) is 3.87. The number of nitrogens with zero attached hydrogens (tertiary/aromatic N) is 2. The Labute approximate surface area is 233 Å². The molecule has 2 saturated heterocycles. The van der Waals surface area contributed by atoms with Crippen molar-refractivity contribution in [1.29, 1.82) is 0 Å². The van der Waals surface area contributed by atoms with Crippen molar-refractivity contribution in [2.75, 3.05) is 19.1 Å². The Morgan fingerprint density at radius 3 is 2.42 bits per heavy atom. The molecule has 0 radical (unpaired) electrons. The Bertz CT molecular complexity index is 1440. The van der Waals surface area contributed by atoms with E-state index in [9.17, 15) is 24.3 Å². The van der Waals surface area contributed by atoms with E-state index in [2.05, 4.69) is 0 Å². The number of anilines is 1. The molecule has 1 N–H and O–H groups in total. The van der Waals surface area contributed by atoms with E-state index in [1.807, 2.05) is 47.7 Å². The van der Waals surface area contributed by atoms with E-state index in [4.69, 9.17) is 4.74 Å². The maximum Gasteiger partial charge on any atom is 0.241 e. The van der Waals surface area contributed by atoms with Crippen molar-refractivity contribution >= 4 is 51.9 Å². The molecular weight excluding hydrogens is 599 g/mol. The maximum absolute atomic E-state index is 14.3. The largest absolute Gasteiger partial charge is 0.504 e. The Balaban J connectivity index is 1.57. The van der Waals surface area contributed by atoms with Crippen LogP contribution in [-0.4, -0.2) is 47.8 Å². The molecule has 0 spiro atoms. The number of para-hydroxylation sites is 1. The Kier molecular flexibility index (Phi) is 5.71. The minimum atomic E-state index is -1.13. The first-order valence-electron chi connectivity index (χ1n) is 12.6. The Morgan fingerprint density at radius 2 is 1.74 bits per heavy atom. The summed E-state index contributed by atoms with van der Waals surface area (Å²) < 4.78 is 6.00. The molecule has 8 nitrogen and oxygen atoms in total. The smallest absolute Gasteiger partial charge is 0.241 e. The molecule has 3 fully saturated rings. The Morgan fingerprint density at radius 1 is 1.03 bits per heavy atom. The average Bonchev–Trinajstić information content (AvgIpc) is 3.25. The number of phenols is 1. The summed E-state index contributed by atoms with van der Waals surface area (Å²) in [4.78, 5) is 57.0. The number of rotatable bonds is 3. The number of methoxy groups -OCH3 is 1. The number of halogens is 1. The molecule has 2 aliphatic carbocycles. The van der Waals surface area contributed by atoms with Crippen LogP contribution in [0.5, 0.6) is 11.5 Å². The summed E-state index contributed by atoms with van der Waals surface area (Å²) in [6, 6.07) is 12.4. The van der Waals surface area contributed by atoms with Gasteiger partial charge in [-0.3, -0.25) is 24.1 Å². The average molecular weight is 626 g/mol. The van der Waals surface area contributed by atoms with Crippen LogP contribution < -0.4 is 9.64 Å². The number of hydrogen-bond donors (Lipinski definition) is 1. The molecule has 6 rings (SSSR count). The van der Waals surface area contributed by atoms with Gasteiger partial charge in [0.15, 0.2) is 11.5 Å². The summed E-state index contributed by atoms with van der Waals surface area (Å²) in [5.41, 5.74) is 1.01. The minimum Gasteiger partial charge on any atom is -0.504 e. The quantitative estimate of drug-likeness (QED) is 0.316. The SMILES string of the molecule is COc1cc(C2C3=CCC4C(=O)N(C)C(=O)C4C3CC3C(=O)N(c4ccccc4)C(=O)C32C)cc(I)c1O. The van der Waals surface area contributed by atoms with Crippen molar-refractivity contribution in [2.45, 2.75) is 25.7 Å². The standard InChI is InChI=1S/C29H27IN2O6/c1-29-19(26(35)32(28(29)37)15-7-5-4-6-8-15)13-18-16(9-10-17-22(18)27(36)31(2)25(17)34)23(29)14-11-20(30)24(33)21(12-14)38-3/h4-9,11-12,17-19,22-23,33H,10,13H2,1-3H3. The van der Waals surface area contributed by atoms with Gasteiger partial charge >= 0.3 is 0 Å². The fourth-order valence-corrected chi connectivity index (χ4v) is 7.92. The molecule has 4 aliphatic rings. The van der Waals surface area contributed by atoms with Crippen LogP contribution in [0.2, 0.25) is 0 Å². The zero-order valence-electron chi connectivity index (χ0n) is 21.2. The van der Waals surface area contributed by atoms with Gasteiger partial charge in [-0.05, 0) is 78.1 Å². The molecule has 4 amide bonds. The lowest BCUT2D eigenvalue weighted by molar-refractivity contribution is -0.138. The fourth-order valence-electron chi connectivity index (χ4n) is 7.29. The van der Waals surface area contributed by atoms with Gasteiger partial charge in [0.2, 0.25) is 23.6 Å². The molecule has 196 valence electrons. The van der Waals surface area contributed by atoms with E-state index in [0.717, 1.165) is 11.1 Å². The topological polar surface area (TPSA) is 104 Å². The number of hydrogen-bond acceptors (Lipinski definition) is 6. The van der Waals surface area contributed by atoms with E-state index in [1.54, 1.807) is 30.3 Å². The zero-order chi connectivity index (χ0) is 27.1. The maximum atomic E-state index is 14.3. The van der Waals surface area contributed by atoms with Crippen LogP contribution in [0.25, 0.3) is 0 Å². The van der Waals surface area contributed by atoms with Gasteiger partial charge in [-0.15, -0.1) is 0 Å². The highest BCUT2D eigenvalue weighted by atomic mass is 127. The van der Waals surface area contributed by atoms with Gasteiger partial charge in [-0.1, -0.05) is 29.8 Å². The normalized spacial score (nSPS) is 32.2. The molecule has 2 aromatic rings. The second-order valence-corrected chi connectivity index (χ2v) is 11.9. The van der Waals surface area contributed by atoms with E-state index < -0.39 is 29.1 Å².